The highest BCUT2D eigenvalue weighted by atomic mass is 15.1. The largest absolute Gasteiger partial charge is 0.314 e. The average molecular weight is 264 g/mol. The smallest absolute Gasteiger partial charge is 0.0183 e. The van der Waals surface area contributed by atoms with Crippen molar-refractivity contribution >= 4 is 0 Å². The van der Waals surface area contributed by atoms with Crippen LogP contribution in [-0.4, -0.2) is 24.7 Å². The normalized spacial score (nSPS) is 41.4. The van der Waals surface area contributed by atoms with E-state index in [4.69, 9.17) is 0 Å². The van der Waals surface area contributed by atoms with Crippen molar-refractivity contribution in [2.24, 2.45) is 16.7 Å². The highest BCUT2D eigenvalue weighted by Crippen LogP contribution is 2.63. The predicted molar refractivity (Wildman–Crippen MR) is 81.3 cm³/mol. The summed E-state index contributed by atoms with van der Waals surface area (Å²) in [5, 5.41) is 7.81. The highest BCUT2D eigenvalue weighted by Gasteiger charge is 2.65. The van der Waals surface area contributed by atoms with Crippen LogP contribution in [-0.2, 0) is 0 Å². The molecule has 1 saturated heterocycles. The first kappa shape index (κ1) is 13.9. The van der Waals surface area contributed by atoms with Crippen LogP contribution in [0.3, 0.4) is 0 Å². The lowest BCUT2D eigenvalue weighted by Gasteiger charge is -2.37. The van der Waals surface area contributed by atoms with E-state index in [9.17, 15) is 0 Å². The fraction of sp³-hybridized carbons (Fsp3) is 1.00. The fourth-order valence-electron chi connectivity index (χ4n) is 4.75. The van der Waals surface area contributed by atoms with E-state index in [1.807, 2.05) is 0 Å². The van der Waals surface area contributed by atoms with E-state index in [0.717, 1.165) is 18.0 Å². The third-order valence-electron chi connectivity index (χ3n) is 6.84. The van der Waals surface area contributed by atoms with Crippen molar-refractivity contribution in [3.8, 4) is 0 Å². The molecule has 2 heteroatoms. The van der Waals surface area contributed by atoms with E-state index in [1.54, 1.807) is 0 Å². The molecular formula is C17H32N2. The van der Waals surface area contributed by atoms with Gasteiger partial charge in [-0.1, -0.05) is 40.5 Å². The molecule has 2 nitrogen and oxygen atoms in total. The monoisotopic (exact) mass is 264 g/mol. The zero-order valence-electron chi connectivity index (χ0n) is 13.3. The summed E-state index contributed by atoms with van der Waals surface area (Å²) in [5.74, 6) is 0.878. The molecule has 2 aliphatic carbocycles. The molecule has 3 aliphatic rings. The minimum atomic E-state index is 0.470. The lowest BCUT2D eigenvalue weighted by Crippen LogP contribution is -2.48. The molecule has 0 radical (unpaired) electrons. The van der Waals surface area contributed by atoms with Gasteiger partial charge < -0.3 is 10.6 Å². The van der Waals surface area contributed by atoms with Crippen LogP contribution in [0.5, 0.6) is 0 Å². The van der Waals surface area contributed by atoms with E-state index in [0.29, 0.717) is 16.9 Å². The van der Waals surface area contributed by atoms with Gasteiger partial charge in [-0.3, -0.25) is 0 Å². The lowest BCUT2D eigenvalue weighted by molar-refractivity contribution is 0.206. The molecular weight excluding hydrogens is 232 g/mol. The number of hydrogen-bond acceptors (Lipinski definition) is 2. The molecule has 110 valence electrons. The molecule has 0 aromatic rings. The van der Waals surface area contributed by atoms with Crippen LogP contribution >= 0.6 is 0 Å². The van der Waals surface area contributed by atoms with Gasteiger partial charge in [-0.15, -0.1) is 0 Å². The molecule has 0 aromatic carbocycles. The first-order chi connectivity index (χ1) is 8.94. The molecule has 0 amide bonds. The Bertz CT molecular complexity index is 314. The van der Waals surface area contributed by atoms with E-state index >= 15 is 0 Å². The quantitative estimate of drug-likeness (QED) is 0.817. The molecule has 1 aliphatic heterocycles. The summed E-state index contributed by atoms with van der Waals surface area (Å²) >= 11 is 0. The zero-order chi connectivity index (χ0) is 13.7. The van der Waals surface area contributed by atoms with Gasteiger partial charge in [-0.05, 0) is 49.0 Å². The maximum Gasteiger partial charge on any atom is 0.0183 e. The van der Waals surface area contributed by atoms with E-state index in [1.165, 1.54) is 45.1 Å². The van der Waals surface area contributed by atoms with Gasteiger partial charge >= 0.3 is 0 Å². The van der Waals surface area contributed by atoms with Crippen LogP contribution < -0.4 is 10.6 Å². The summed E-state index contributed by atoms with van der Waals surface area (Å²) in [6.07, 6.45) is 8.48. The topological polar surface area (TPSA) is 24.1 Å². The fourth-order valence-corrected chi connectivity index (χ4v) is 4.75. The Morgan fingerprint density at radius 1 is 0.895 bits per heavy atom. The van der Waals surface area contributed by atoms with Crippen LogP contribution in [0, 0.1) is 16.7 Å². The molecule has 2 N–H and O–H groups in total. The van der Waals surface area contributed by atoms with Crippen LogP contribution in [0.4, 0.5) is 0 Å². The average Bonchev–Trinajstić information content (AvgIpc) is 2.82. The maximum atomic E-state index is 4.06. The van der Waals surface area contributed by atoms with E-state index in [-0.39, 0.29) is 0 Å². The van der Waals surface area contributed by atoms with Crippen molar-refractivity contribution in [3.63, 3.8) is 0 Å². The Labute approximate surface area is 119 Å². The van der Waals surface area contributed by atoms with Gasteiger partial charge in [-0.2, -0.15) is 0 Å². The van der Waals surface area contributed by atoms with Crippen molar-refractivity contribution in [1.29, 1.82) is 0 Å². The first-order valence-electron chi connectivity index (χ1n) is 8.44. The van der Waals surface area contributed by atoms with Gasteiger partial charge in [0.1, 0.15) is 0 Å². The summed E-state index contributed by atoms with van der Waals surface area (Å²) in [6, 6.07) is 2.27. The second-order valence-corrected chi connectivity index (χ2v) is 8.30. The highest BCUT2D eigenvalue weighted by molar-refractivity contribution is 5.18. The zero-order valence-corrected chi connectivity index (χ0v) is 13.3. The first-order valence-corrected chi connectivity index (χ1v) is 8.44. The van der Waals surface area contributed by atoms with E-state index in [2.05, 4.69) is 38.3 Å². The standard InChI is InChI=1S/C17H32N2/c1-16(2)15(17(16,3)4)19-14-9-6-5-8-12(14)13-10-7-11-18-13/h12-15,18-19H,5-11H2,1-4H3. The Balaban J connectivity index is 1.65. The molecule has 3 unspecified atom stereocenters. The second kappa shape index (κ2) is 4.73. The van der Waals surface area contributed by atoms with Gasteiger partial charge in [0.05, 0.1) is 0 Å². The summed E-state index contributed by atoms with van der Waals surface area (Å²) in [4.78, 5) is 0. The summed E-state index contributed by atoms with van der Waals surface area (Å²) in [5.41, 5.74) is 0.941. The molecule has 19 heavy (non-hydrogen) atoms. The Morgan fingerprint density at radius 3 is 2.16 bits per heavy atom. The number of rotatable bonds is 3. The second-order valence-electron chi connectivity index (χ2n) is 8.30. The number of nitrogens with one attached hydrogen (secondary N) is 2. The number of hydrogen-bond donors (Lipinski definition) is 2. The Morgan fingerprint density at radius 2 is 1.58 bits per heavy atom. The third-order valence-corrected chi connectivity index (χ3v) is 6.84. The molecule has 3 fully saturated rings. The molecule has 3 rings (SSSR count). The van der Waals surface area contributed by atoms with Gasteiger partial charge in [0.15, 0.2) is 0 Å². The minimum absolute atomic E-state index is 0.470. The SMILES string of the molecule is CC1(C)C(NC2CCCCC2C2CCCN2)C1(C)C. The molecule has 1 heterocycles. The molecule has 0 spiro atoms. The van der Waals surface area contributed by atoms with Crippen LogP contribution in [0.2, 0.25) is 0 Å². The summed E-state index contributed by atoms with van der Waals surface area (Å²) < 4.78 is 0. The van der Waals surface area contributed by atoms with Gasteiger partial charge in [0.2, 0.25) is 0 Å². The van der Waals surface area contributed by atoms with Crippen molar-refractivity contribution in [3.05, 3.63) is 0 Å². The Hall–Kier alpha value is -0.0800. The summed E-state index contributed by atoms with van der Waals surface area (Å²) in [7, 11) is 0. The summed E-state index contributed by atoms with van der Waals surface area (Å²) in [6.45, 7) is 11.0. The minimum Gasteiger partial charge on any atom is -0.314 e. The van der Waals surface area contributed by atoms with Gasteiger partial charge in [-0.25, -0.2) is 0 Å². The third kappa shape index (κ3) is 2.25. The van der Waals surface area contributed by atoms with Gasteiger partial charge in [0.25, 0.3) is 0 Å². The van der Waals surface area contributed by atoms with Crippen molar-refractivity contribution < 1.29 is 0 Å². The van der Waals surface area contributed by atoms with E-state index < -0.39 is 0 Å². The Kier molecular flexibility index (Phi) is 3.46. The van der Waals surface area contributed by atoms with Crippen molar-refractivity contribution in [2.75, 3.05) is 6.54 Å². The predicted octanol–water partition coefficient (Wildman–Crippen LogP) is 3.32. The molecule has 3 atom stereocenters. The van der Waals surface area contributed by atoms with Crippen molar-refractivity contribution in [1.82, 2.24) is 10.6 Å². The van der Waals surface area contributed by atoms with Crippen LogP contribution in [0.1, 0.15) is 66.2 Å². The molecule has 0 bridgehead atoms. The van der Waals surface area contributed by atoms with Gasteiger partial charge in [0, 0.05) is 18.1 Å². The van der Waals surface area contributed by atoms with Crippen LogP contribution in [0.25, 0.3) is 0 Å². The van der Waals surface area contributed by atoms with Crippen molar-refractivity contribution in [2.45, 2.75) is 84.3 Å². The maximum absolute atomic E-state index is 4.06. The molecule has 0 aromatic heterocycles. The van der Waals surface area contributed by atoms with Crippen LogP contribution in [0.15, 0.2) is 0 Å². The lowest BCUT2D eigenvalue weighted by atomic mass is 9.79. The molecule has 2 saturated carbocycles.